The Balaban J connectivity index is 0.908. The maximum Gasteiger partial charge on any atom is 0.132 e. The Morgan fingerprint density at radius 1 is 0.234 bits per heavy atom. The number of benzene rings is 12. The molecule has 12 aromatic carbocycles. The molecule has 0 atom stereocenters. The summed E-state index contributed by atoms with van der Waals surface area (Å²) < 4.78 is 13.4. The lowest BCUT2D eigenvalue weighted by molar-refractivity contribution is 0.436. The quantitative estimate of drug-likeness (QED) is 0.166. The molecule has 0 bridgehead atoms. The minimum Gasteiger partial charge on any atom is -0.457 e. The molecule has 2 aliphatic carbocycles. The Bertz CT molecular complexity index is 4290. The van der Waals surface area contributed by atoms with Crippen molar-refractivity contribution in [2.75, 3.05) is 4.90 Å². The molecule has 77 heavy (non-hydrogen) atoms. The van der Waals surface area contributed by atoms with E-state index in [1.807, 2.05) is 0 Å². The Labute approximate surface area is 448 Å². The van der Waals surface area contributed by atoms with Crippen molar-refractivity contribution in [1.82, 2.24) is 0 Å². The van der Waals surface area contributed by atoms with Crippen molar-refractivity contribution in [1.29, 1.82) is 0 Å². The highest BCUT2D eigenvalue weighted by molar-refractivity contribution is 6.01. The first-order valence-electron chi connectivity index (χ1n) is 26.6. The van der Waals surface area contributed by atoms with E-state index in [1.54, 1.807) is 0 Å². The number of anilines is 3. The molecular formula is C74H47NO2. The minimum atomic E-state index is -0.592. The van der Waals surface area contributed by atoms with E-state index in [0.717, 1.165) is 84.6 Å². The SMILES string of the molecule is c1ccc(-c2cccc(N(c3cccc(-c4ccc5c(c4)C4(c6ccccc6Oc6ccccc64)c4ccccc4-5)c3)c3ccccc3-c3cccc4c3-c3ccccc3C43c4ccccc4Oc4ccccc43)c2)cc1. The fraction of sp³-hybridized carbons (Fsp3) is 0.0270. The van der Waals surface area contributed by atoms with E-state index in [4.69, 9.17) is 9.47 Å². The number of ether oxygens (including phenoxy) is 2. The van der Waals surface area contributed by atoms with E-state index in [2.05, 4.69) is 290 Å². The topological polar surface area (TPSA) is 21.7 Å². The monoisotopic (exact) mass is 981 g/mol. The molecule has 0 fully saturated rings. The predicted molar refractivity (Wildman–Crippen MR) is 312 cm³/mol. The summed E-state index contributed by atoms with van der Waals surface area (Å²) in [7, 11) is 0. The molecule has 0 saturated carbocycles. The smallest absolute Gasteiger partial charge is 0.132 e. The Morgan fingerprint density at radius 2 is 0.623 bits per heavy atom. The number of nitrogens with zero attached hydrogens (tertiary/aromatic N) is 1. The summed E-state index contributed by atoms with van der Waals surface area (Å²) in [5.74, 6) is 3.54. The zero-order valence-corrected chi connectivity index (χ0v) is 41.9. The number of para-hydroxylation sites is 5. The van der Waals surface area contributed by atoms with Gasteiger partial charge in [0.25, 0.3) is 0 Å². The normalized spacial score (nSPS) is 13.9. The van der Waals surface area contributed by atoms with Gasteiger partial charge in [0.1, 0.15) is 23.0 Å². The standard InChI is InChI=1S/C74H47NO2/c1-2-21-48(22-3-1)49-23-18-25-52(45-49)75(53-26-19-24-50(46-53)51-43-44-55-54-27-4-7-31-59(54)74(66(55)47-51)63-35-11-16-41-70(63)77-71-42-17-12-36-64(71)74)67-38-13-6-28-56(67)57-30-20-37-65-72(57)58-29-5-8-32-60(58)73(65)61-33-9-14-39-68(61)76-69-40-15-10-34-62(69)73/h1-47H. The summed E-state index contributed by atoms with van der Waals surface area (Å²) in [6, 6.07) is 104. The Kier molecular flexibility index (Phi) is 9.47. The fourth-order valence-electron chi connectivity index (χ4n) is 13.8. The van der Waals surface area contributed by atoms with Crippen LogP contribution in [0.4, 0.5) is 17.1 Å². The van der Waals surface area contributed by atoms with E-state index in [0.29, 0.717) is 0 Å². The second-order valence-corrected chi connectivity index (χ2v) is 20.6. The summed E-state index contributed by atoms with van der Waals surface area (Å²) in [6.45, 7) is 0. The molecule has 2 spiro atoms. The molecule has 4 aliphatic rings. The highest BCUT2D eigenvalue weighted by Crippen LogP contribution is 2.65. The average molecular weight is 982 g/mol. The van der Waals surface area contributed by atoms with Crippen molar-refractivity contribution in [2.45, 2.75) is 10.8 Å². The van der Waals surface area contributed by atoms with Crippen LogP contribution in [0.1, 0.15) is 44.5 Å². The molecule has 16 rings (SSSR count). The number of hydrogen-bond donors (Lipinski definition) is 0. The number of rotatable bonds is 6. The zero-order chi connectivity index (χ0) is 50.7. The van der Waals surface area contributed by atoms with E-state index in [-0.39, 0.29) is 0 Å². The van der Waals surface area contributed by atoms with Crippen LogP contribution < -0.4 is 14.4 Å². The third-order valence-electron chi connectivity index (χ3n) is 16.8. The van der Waals surface area contributed by atoms with Crippen LogP contribution in [-0.4, -0.2) is 0 Å². The maximum atomic E-state index is 6.72. The number of fused-ring (bicyclic) bond motifs is 18. The average Bonchev–Trinajstić information content (AvgIpc) is 3.51. The third-order valence-corrected chi connectivity index (χ3v) is 16.8. The second kappa shape index (κ2) is 16.8. The molecule has 3 nitrogen and oxygen atoms in total. The Morgan fingerprint density at radius 3 is 1.22 bits per heavy atom. The van der Waals surface area contributed by atoms with Crippen molar-refractivity contribution in [3.05, 3.63) is 330 Å². The van der Waals surface area contributed by atoms with Crippen LogP contribution in [0.25, 0.3) is 55.6 Å². The van der Waals surface area contributed by atoms with Gasteiger partial charge in [0.05, 0.1) is 16.5 Å². The van der Waals surface area contributed by atoms with Crippen molar-refractivity contribution in [3.8, 4) is 78.6 Å². The first-order valence-corrected chi connectivity index (χ1v) is 26.6. The van der Waals surface area contributed by atoms with Crippen molar-refractivity contribution >= 4 is 17.1 Å². The summed E-state index contributed by atoms with van der Waals surface area (Å²) in [4.78, 5) is 2.47. The molecule has 12 aromatic rings. The first kappa shape index (κ1) is 43.4. The van der Waals surface area contributed by atoms with Crippen LogP contribution in [0.3, 0.4) is 0 Å². The summed E-state index contributed by atoms with van der Waals surface area (Å²) in [5, 5.41) is 0. The Hall–Kier alpha value is -9.96. The van der Waals surface area contributed by atoms with Crippen LogP contribution in [0.5, 0.6) is 23.0 Å². The summed E-state index contributed by atoms with van der Waals surface area (Å²) in [5.41, 5.74) is 23.5. The van der Waals surface area contributed by atoms with Crippen molar-refractivity contribution in [2.24, 2.45) is 0 Å². The third kappa shape index (κ3) is 6.14. The molecule has 0 aromatic heterocycles. The molecular weight excluding hydrogens is 935 g/mol. The molecule has 0 saturated heterocycles. The molecule has 2 aliphatic heterocycles. The predicted octanol–water partition coefficient (Wildman–Crippen LogP) is 19.1. The van der Waals surface area contributed by atoms with E-state index >= 15 is 0 Å². The van der Waals surface area contributed by atoms with Gasteiger partial charge in [-0.15, -0.1) is 0 Å². The lowest BCUT2D eigenvalue weighted by Gasteiger charge is -2.39. The van der Waals surface area contributed by atoms with Crippen LogP contribution in [-0.2, 0) is 10.8 Å². The molecule has 0 N–H and O–H groups in total. The van der Waals surface area contributed by atoms with Crippen LogP contribution >= 0.6 is 0 Å². The van der Waals surface area contributed by atoms with E-state index in [9.17, 15) is 0 Å². The fourth-order valence-corrected chi connectivity index (χ4v) is 13.8. The summed E-state index contributed by atoms with van der Waals surface area (Å²) >= 11 is 0. The van der Waals surface area contributed by atoms with Gasteiger partial charge in [-0.2, -0.15) is 0 Å². The molecule has 0 amide bonds. The zero-order valence-electron chi connectivity index (χ0n) is 41.9. The van der Waals surface area contributed by atoms with E-state index in [1.165, 1.54) is 55.6 Å². The van der Waals surface area contributed by atoms with Crippen LogP contribution in [0, 0.1) is 0 Å². The maximum absolute atomic E-state index is 6.72. The van der Waals surface area contributed by atoms with Gasteiger partial charge in [0.15, 0.2) is 0 Å². The van der Waals surface area contributed by atoms with Gasteiger partial charge in [-0.05, 0) is 133 Å². The largest absolute Gasteiger partial charge is 0.457 e. The molecule has 0 radical (unpaired) electrons. The van der Waals surface area contributed by atoms with Gasteiger partial charge in [-0.3, -0.25) is 0 Å². The van der Waals surface area contributed by atoms with Gasteiger partial charge >= 0.3 is 0 Å². The van der Waals surface area contributed by atoms with Gasteiger partial charge < -0.3 is 14.4 Å². The van der Waals surface area contributed by atoms with Gasteiger partial charge in [-0.25, -0.2) is 0 Å². The van der Waals surface area contributed by atoms with Crippen LogP contribution in [0.15, 0.2) is 285 Å². The lowest BCUT2D eigenvalue weighted by Crippen LogP contribution is -2.32. The number of hydrogen-bond acceptors (Lipinski definition) is 3. The molecule has 360 valence electrons. The highest BCUT2D eigenvalue weighted by Gasteiger charge is 2.53. The van der Waals surface area contributed by atoms with Crippen molar-refractivity contribution in [3.63, 3.8) is 0 Å². The highest BCUT2D eigenvalue weighted by atomic mass is 16.5. The molecule has 0 unspecified atom stereocenters. The van der Waals surface area contributed by atoms with E-state index < -0.39 is 10.8 Å². The van der Waals surface area contributed by atoms with Gasteiger partial charge in [-0.1, -0.05) is 224 Å². The molecule has 2 heterocycles. The first-order chi connectivity index (χ1) is 38.2. The van der Waals surface area contributed by atoms with Crippen LogP contribution in [0.2, 0.25) is 0 Å². The van der Waals surface area contributed by atoms with Crippen molar-refractivity contribution < 1.29 is 9.47 Å². The summed E-state index contributed by atoms with van der Waals surface area (Å²) in [6.07, 6.45) is 0. The molecule has 3 heteroatoms. The van der Waals surface area contributed by atoms with Gasteiger partial charge in [0.2, 0.25) is 0 Å². The van der Waals surface area contributed by atoms with Gasteiger partial charge in [0, 0.05) is 39.2 Å². The second-order valence-electron chi connectivity index (χ2n) is 20.6. The minimum absolute atomic E-state index is 0.574. The lowest BCUT2D eigenvalue weighted by atomic mass is 9.66.